The summed E-state index contributed by atoms with van der Waals surface area (Å²) < 4.78 is 4.91. The first-order chi connectivity index (χ1) is 16.7. The first kappa shape index (κ1) is 26.6. The molecule has 4 saturated carbocycles. The SMILES string of the molecule is C#CCCCC(=O)N[C@H]1CC[C@@]2(C)C(CCC3C2CC[C@@]2(C)C3CC[C@@H]2[C@H](C)CCC(=O)OC)C1. The van der Waals surface area contributed by atoms with Gasteiger partial charge in [0.2, 0.25) is 5.91 Å². The summed E-state index contributed by atoms with van der Waals surface area (Å²) in [7, 11) is 1.50. The minimum Gasteiger partial charge on any atom is -0.469 e. The van der Waals surface area contributed by atoms with Gasteiger partial charge in [-0.15, -0.1) is 12.3 Å². The van der Waals surface area contributed by atoms with E-state index in [0.717, 1.165) is 55.3 Å². The molecule has 0 heterocycles. The lowest BCUT2D eigenvalue weighted by atomic mass is 9.44. The molecule has 4 heteroatoms. The lowest BCUT2D eigenvalue weighted by Gasteiger charge is -2.61. The predicted octanol–water partition coefficient (Wildman–Crippen LogP) is 6.52. The molecule has 1 N–H and O–H groups in total. The number of amides is 1. The van der Waals surface area contributed by atoms with Crippen molar-refractivity contribution in [3.63, 3.8) is 0 Å². The molecule has 196 valence electrons. The summed E-state index contributed by atoms with van der Waals surface area (Å²) >= 11 is 0. The third-order valence-electron chi connectivity index (χ3n) is 11.5. The molecule has 1 amide bonds. The average molecular weight is 484 g/mol. The number of carbonyl (C=O) groups is 2. The van der Waals surface area contributed by atoms with E-state index in [2.05, 4.69) is 32.0 Å². The van der Waals surface area contributed by atoms with E-state index < -0.39 is 0 Å². The second-order valence-corrected chi connectivity index (χ2v) is 13.1. The molecule has 4 rings (SSSR count). The molecule has 0 saturated heterocycles. The molecular weight excluding hydrogens is 434 g/mol. The maximum atomic E-state index is 12.4. The number of methoxy groups -OCH3 is 1. The van der Waals surface area contributed by atoms with Gasteiger partial charge in [0, 0.05) is 25.3 Å². The van der Waals surface area contributed by atoms with Crippen molar-refractivity contribution in [1.29, 1.82) is 0 Å². The molecule has 4 aliphatic carbocycles. The fourth-order valence-corrected chi connectivity index (χ4v) is 9.66. The standard InChI is InChI=1S/C31H49NO3/c1-6-7-8-9-28(33)32-23-16-18-30(3)22(20-23)11-12-24-26-14-13-25(21(2)10-15-29(34)35-5)31(26,4)19-17-27(24)30/h1,21-27H,7-20H2,2-5H3,(H,32,33)/t21-,22?,23+,24?,25-,26?,27?,30+,31-/m1/s1. The fourth-order valence-electron chi connectivity index (χ4n) is 9.66. The van der Waals surface area contributed by atoms with Crippen molar-refractivity contribution >= 4 is 11.9 Å². The summed E-state index contributed by atoms with van der Waals surface area (Å²) in [5, 5.41) is 3.34. The molecule has 0 bridgehead atoms. The summed E-state index contributed by atoms with van der Waals surface area (Å²) in [6.45, 7) is 7.59. The maximum Gasteiger partial charge on any atom is 0.305 e. The van der Waals surface area contributed by atoms with Gasteiger partial charge in [0.25, 0.3) is 0 Å². The number of unbranched alkanes of at least 4 members (excludes halogenated alkanes) is 1. The third-order valence-corrected chi connectivity index (χ3v) is 11.5. The van der Waals surface area contributed by atoms with E-state index >= 15 is 0 Å². The van der Waals surface area contributed by atoms with Crippen molar-refractivity contribution in [3.05, 3.63) is 0 Å². The number of nitrogens with one attached hydrogen (secondary N) is 1. The topological polar surface area (TPSA) is 55.4 Å². The Kier molecular flexibility index (Phi) is 8.24. The van der Waals surface area contributed by atoms with Crippen molar-refractivity contribution in [3.8, 4) is 12.3 Å². The van der Waals surface area contributed by atoms with E-state index in [-0.39, 0.29) is 11.9 Å². The Labute approximate surface area is 214 Å². The van der Waals surface area contributed by atoms with Crippen LogP contribution < -0.4 is 5.32 Å². The van der Waals surface area contributed by atoms with E-state index in [4.69, 9.17) is 11.2 Å². The van der Waals surface area contributed by atoms with Crippen LogP contribution in [-0.2, 0) is 14.3 Å². The van der Waals surface area contributed by atoms with Crippen LogP contribution in [0.3, 0.4) is 0 Å². The van der Waals surface area contributed by atoms with Crippen LogP contribution in [0.1, 0.15) is 111 Å². The van der Waals surface area contributed by atoms with Gasteiger partial charge in [0.1, 0.15) is 0 Å². The van der Waals surface area contributed by atoms with Crippen LogP contribution in [0.15, 0.2) is 0 Å². The van der Waals surface area contributed by atoms with Crippen molar-refractivity contribution in [1.82, 2.24) is 5.32 Å². The summed E-state index contributed by atoms with van der Waals surface area (Å²) in [5.41, 5.74) is 0.868. The van der Waals surface area contributed by atoms with Gasteiger partial charge in [-0.25, -0.2) is 0 Å². The van der Waals surface area contributed by atoms with Crippen LogP contribution >= 0.6 is 0 Å². The van der Waals surface area contributed by atoms with E-state index in [1.807, 2.05) is 0 Å². The maximum absolute atomic E-state index is 12.4. The highest BCUT2D eigenvalue weighted by Crippen LogP contribution is 2.68. The van der Waals surface area contributed by atoms with Crippen molar-refractivity contribution in [2.24, 2.45) is 46.3 Å². The highest BCUT2D eigenvalue weighted by atomic mass is 16.5. The van der Waals surface area contributed by atoms with E-state index in [0.29, 0.717) is 42.1 Å². The third kappa shape index (κ3) is 5.17. The molecule has 0 aliphatic heterocycles. The molecule has 4 unspecified atom stereocenters. The molecule has 0 aromatic carbocycles. The van der Waals surface area contributed by atoms with Gasteiger partial charge < -0.3 is 10.1 Å². The van der Waals surface area contributed by atoms with Crippen LogP contribution in [0.2, 0.25) is 0 Å². The molecule has 0 radical (unpaired) electrons. The molecule has 0 aromatic rings. The molecule has 4 fully saturated rings. The van der Waals surface area contributed by atoms with Gasteiger partial charge in [-0.05, 0) is 117 Å². The predicted molar refractivity (Wildman–Crippen MR) is 140 cm³/mol. The molecule has 9 atom stereocenters. The number of terminal acetylenes is 1. The Morgan fingerprint density at radius 1 is 1.03 bits per heavy atom. The van der Waals surface area contributed by atoms with Gasteiger partial charge in [0.05, 0.1) is 7.11 Å². The lowest BCUT2D eigenvalue weighted by Crippen LogP contribution is -2.55. The normalized spacial score (nSPS) is 41.0. The molecular formula is C31H49NO3. The highest BCUT2D eigenvalue weighted by molar-refractivity contribution is 5.76. The first-order valence-corrected chi connectivity index (χ1v) is 14.5. The zero-order valence-electron chi connectivity index (χ0n) is 22.7. The quantitative estimate of drug-likeness (QED) is 0.243. The molecule has 35 heavy (non-hydrogen) atoms. The Bertz CT molecular complexity index is 817. The van der Waals surface area contributed by atoms with Gasteiger partial charge in [-0.2, -0.15) is 0 Å². The number of hydrogen-bond acceptors (Lipinski definition) is 3. The lowest BCUT2D eigenvalue weighted by molar-refractivity contribution is -0.141. The van der Waals surface area contributed by atoms with Crippen LogP contribution in [0.5, 0.6) is 0 Å². The van der Waals surface area contributed by atoms with Crippen molar-refractivity contribution in [2.45, 2.75) is 117 Å². The average Bonchev–Trinajstić information content (AvgIpc) is 3.20. The Morgan fingerprint density at radius 2 is 1.77 bits per heavy atom. The Balaban J connectivity index is 1.37. The number of hydrogen-bond donors (Lipinski definition) is 1. The zero-order chi connectivity index (χ0) is 25.2. The van der Waals surface area contributed by atoms with Crippen LogP contribution in [0.25, 0.3) is 0 Å². The Hall–Kier alpha value is -1.50. The zero-order valence-corrected chi connectivity index (χ0v) is 22.7. The summed E-state index contributed by atoms with van der Waals surface area (Å²) in [6, 6.07) is 0.350. The number of carbonyl (C=O) groups excluding carboxylic acids is 2. The van der Waals surface area contributed by atoms with Gasteiger partial charge >= 0.3 is 5.97 Å². The second kappa shape index (κ2) is 10.9. The minimum absolute atomic E-state index is 0.0640. The van der Waals surface area contributed by atoms with E-state index in [1.54, 1.807) is 0 Å². The van der Waals surface area contributed by atoms with Crippen LogP contribution in [0, 0.1) is 58.7 Å². The summed E-state index contributed by atoms with van der Waals surface area (Å²) in [4.78, 5) is 24.1. The second-order valence-electron chi connectivity index (χ2n) is 13.1. The number of ether oxygens (including phenoxy) is 1. The summed E-state index contributed by atoms with van der Waals surface area (Å²) in [6.07, 6.45) is 20.6. The number of rotatable bonds is 8. The molecule has 4 nitrogen and oxygen atoms in total. The van der Waals surface area contributed by atoms with Crippen molar-refractivity contribution in [2.75, 3.05) is 7.11 Å². The van der Waals surface area contributed by atoms with Gasteiger partial charge in [-0.3, -0.25) is 9.59 Å². The van der Waals surface area contributed by atoms with E-state index in [1.165, 1.54) is 52.1 Å². The van der Waals surface area contributed by atoms with Gasteiger partial charge in [0.15, 0.2) is 0 Å². The molecule has 4 aliphatic rings. The summed E-state index contributed by atoms with van der Waals surface area (Å²) in [5.74, 6) is 7.39. The Morgan fingerprint density at radius 3 is 2.51 bits per heavy atom. The van der Waals surface area contributed by atoms with E-state index in [9.17, 15) is 9.59 Å². The first-order valence-electron chi connectivity index (χ1n) is 14.5. The fraction of sp³-hybridized carbons (Fsp3) is 0.871. The molecule has 0 aromatic heterocycles. The monoisotopic (exact) mass is 483 g/mol. The number of esters is 1. The van der Waals surface area contributed by atoms with Crippen LogP contribution in [-0.4, -0.2) is 25.0 Å². The number of fused-ring (bicyclic) bond motifs is 5. The molecule has 0 spiro atoms. The van der Waals surface area contributed by atoms with Crippen molar-refractivity contribution < 1.29 is 14.3 Å². The van der Waals surface area contributed by atoms with Gasteiger partial charge in [-0.1, -0.05) is 20.8 Å². The highest BCUT2D eigenvalue weighted by Gasteiger charge is 2.60. The minimum atomic E-state index is -0.0640. The smallest absolute Gasteiger partial charge is 0.305 e. The van der Waals surface area contributed by atoms with Crippen LogP contribution in [0.4, 0.5) is 0 Å². The largest absolute Gasteiger partial charge is 0.469 e.